The zero-order chi connectivity index (χ0) is 14.0. The Bertz CT molecular complexity index is 315. The summed E-state index contributed by atoms with van der Waals surface area (Å²) >= 11 is 0. The van der Waals surface area contributed by atoms with Crippen molar-refractivity contribution in [1.29, 1.82) is 0 Å². The summed E-state index contributed by atoms with van der Waals surface area (Å²) in [6, 6.07) is 0. The van der Waals surface area contributed by atoms with Gasteiger partial charge in [-0.3, -0.25) is 4.79 Å². The van der Waals surface area contributed by atoms with Gasteiger partial charge in [0.15, 0.2) is 0 Å². The first-order valence-corrected chi connectivity index (χ1v) is 8.21. The summed E-state index contributed by atoms with van der Waals surface area (Å²) in [6.07, 6.45) is 8.90. The molecular formula is C17H30O2. The normalized spacial score (nSPS) is 43.9. The molecule has 0 aromatic carbocycles. The minimum absolute atomic E-state index is 0.401. The summed E-state index contributed by atoms with van der Waals surface area (Å²) in [7, 11) is 0. The number of carboxylic acids is 1. The summed E-state index contributed by atoms with van der Waals surface area (Å²) in [6.45, 7) is 6.82. The average Bonchev–Trinajstić information content (AvgIpc) is 2.37. The maximum Gasteiger partial charge on any atom is 0.309 e. The van der Waals surface area contributed by atoms with Crippen LogP contribution in [0.5, 0.6) is 0 Å². The Morgan fingerprint density at radius 2 is 1.84 bits per heavy atom. The predicted molar refractivity (Wildman–Crippen MR) is 78.0 cm³/mol. The van der Waals surface area contributed by atoms with Gasteiger partial charge in [-0.05, 0) is 55.8 Å². The van der Waals surface area contributed by atoms with Gasteiger partial charge in [-0.2, -0.15) is 0 Å². The molecule has 19 heavy (non-hydrogen) atoms. The molecular weight excluding hydrogens is 236 g/mol. The van der Waals surface area contributed by atoms with Crippen molar-refractivity contribution in [3.8, 4) is 0 Å². The number of hydrogen-bond acceptors (Lipinski definition) is 1. The van der Waals surface area contributed by atoms with Crippen LogP contribution in [0.2, 0.25) is 0 Å². The monoisotopic (exact) mass is 266 g/mol. The molecule has 0 aromatic heterocycles. The molecule has 2 heteroatoms. The molecule has 2 aliphatic carbocycles. The van der Waals surface area contributed by atoms with E-state index in [1.807, 2.05) is 0 Å². The first-order valence-electron chi connectivity index (χ1n) is 8.21. The molecule has 0 bridgehead atoms. The fraction of sp³-hybridized carbons (Fsp3) is 0.941. The summed E-state index contributed by atoms with van der Waals surface area (Å²) in [5.41, 5.74) is -0.401. The average molecular weight is 266 g/mol. The second-order valence-electron chi connectivity index (χ2n) is 7.45. The summed E-state index contributed by atoms with van der Waals surface area (Å²) in [5, 5.41) is 9.93. The van der Waals surface area contributed by atoms with Gasteiger partial charge in [0, 0.05) is 0 Å². The van der Waals surface area contributed by atoms with Crippen molar-refractivity contribution in [3.63, 3.8) is 0 Å². The van der Waals surface area contributed by atoms with Crippen LogP contribution in [-0.4, -0.2) is 11.1 Å². The lowest BCUT2D eigenvalue weighted by Gasteiger charge is -2.47. The molecule has 2 fully saturated rings. The van der Waals surface area contributed by atoms with E-state index in [1.54, 1.807) is 0 Å². The molecule has 2 saturated carbocycles. The summed E-state index contributed by atoms with van der Waals surface area (Å²) in [4.78, 5) is 12.1. The molecule has 2 nitrogen and oxygen atoms in total. The third-order valence-corrected chi connectivity index (χ3v) is 5.85. The maximum absolute atomic E-state index is 12.1. The molecule has 2 aliphatic rings. The molecule has 1 N–H and O–H groups in total. The van der Waals surface area contributed by atoms with Crippen LogP contribution in [0.25, 0.3) is 0 Å². The van der Waals surface area contributed by atoms with Crippen molar-refractivity contribution in [2.24, 2.45) is 29.1 Å². The highest BCUT2D eigenvalue weighted by Gasteiger charge is 2.49. The maximum atomic E-state index is 12.1. The number of aliphatic carboxylic acids is 1. The van der Waals surface area contributed by atoms with E-state index in [0.717, 1.165) is 38.5 Å². The molecule has 0 aromatic rings. The molecule has 4 atom stereocenters. The van der Waals surface area contributed by atoms with Crippen molar-refractivity contribution in [3.05, 3.63) is 0 Å². The summed E-state index contributed by atoms with van der Waals surface area (Å²) < 4.78 is 0. The van der Waals surface area contributed by atoms with Gasteiger partial charge >= 0.3 is 5.97 Å². The highest BCUT2D eigenvalue weighted by atomic mass is 16.4. The van der Waals surface area contributed by atoms with Crippen LogP contribution < -0.4 is 0 Å². The van der Waals surface area contributed by atoms with Crippen molar-refractivity contribution < 1.29 is 9.90 Å². The molecule has 0 heterocycles. The SMILES string of the molecule is CCC1CCCC(C(=O)O)(C2CC(C)CC(C)C2)C1. The predicted octanol–water partition coefficient (Wildman–Crippen LogP) is 4.73. The van der Waals surface area contributed by atoms with Crippen molar-refractivity contribution in [2.45, 2.75) is 72.1 Å². The zero-order valence-corrected chi connectivity index (χ0v) is 12.8. The first-order chi connectivity index (χ1) is 8.98. The van der Waals surface area contributed by atoms with Gasteiger partial charge in [-0.25, -0.2) is 0 Å². The molecule has 0 spiro atoms. The van der Waals surface area contributed by atoms with Crippen LogP contribution in [0.4, 0.5) is 0 Å². The third-order valence-electron chi connectivity index (χ3n) is 5.85. The Hall–Kier alpha value is -0.530. The van der Waals surface area contributed by atoms with Crippen LogP contribution in [0.15, 0.2) is 0 Å². The highest BCUT2D eigenvalue weighted by molar-refractivity contribution is 5.75. The third kappa shape index (κ3) is 2.98. The van der Waals surface area contributed by atoms with E-state index in [0.29, 0.717) is 23.7 Å². The lowest BCUT2D eigenvalue weighted by molar-refractivity contribution is -0.159. The second-order valence-corrected chi connectivity index (χ2v) is 7.45. The van der Waals surface area contributed by atoms with E-state index >= 15 is 0 Å². The van der Waals surface area contributed by atoms with Gasteiger partial charge in [-0.15, -0.1) is 0 Å². The van der Waals surface area contributed by atoms with Crippen molar-refractivity contribution in [1.82, 2.24) is 0 Å². The standard InChI is InChI=1S/C17H30O2/c1-4-14-6-5-7-17(11-14,16(18)19)15-9-12(2)8-13(3)10-15/h12-15H,4-11H2,1-3H3,(H,18,19). The molecule has 2 rings (SSSR count). The van der Waals surface area contributed by atoms with Gasteiger partial charge in [-0.1, -0.05) is 40.0 Å². The fourth-order valence-electron chi connectivity index (χ4n) is 4.91. The van der Waals surface area contributed by atoms with Crippen LogP contribution >= 0.6 is 0 Å². The van der Waals surface area contributed by atoms with E-state index in [4.69, 9.17) is 0 Å². The van der Waals surface area contributed by atoms with Gasteiger partial charge in [0.2, 0.25) is 0 Å². The number of carboxylic acid groups (broad SMARTS) is 1. The van der Waals surface area contributed by atoms with Gasteiger partial charge in [0.05, 0.1) is 5.41 Å². The molecule has 0 radical (unpaired) electrons. The molecule has 110 valence electrons. The minimum Gasteiger partial charge on any atom is -0.481 e. The second kappa shape index (κ2) is 5.85. The Kier molecular flexibility index (Phi) is 4.58. The minimum atomic E-state index is -0.503. The van der Waals surface area contributed by atoms with Crippen LogP contribution in [0.3, 0.4) is 0 Å². The highest BCUT2D eigenvalue weighted by Crippen LogP contribution is 2.52. The molecule has 0 aliphatic heterocycles. The molecule has 0 amide bonds. The van der Waals surface area contributed by atoms with E-state index in [2.05, 4.69) is 20.8 Å². The number of hydrogen-bond donors (Lipinski definition) is 1. The Balaban J connectivity index is 2.21. The lowest BCUT2D eigenvalue weighted by Crippen LogP contribution is -2.45. The van der Waals surface area contributed by atoms with E-state index < -0.39 is 11.4 Å². The van der Waals surface area contributed by atoms with Crippen molar-refractivity contribution in [2.75, 3.05) is 0 Å². The lowest BCUT2D eigenvalue weighted by atomic mass is 9.57. The number of rotatable bonds is 3. The molecule has 4 unspecified atom stereocenters. The van der Waals surface area contributed by atoms with Crippen LogP contribution in [0.1, 0.15) is 72.1 Å². The zero-order valence-electron chi connectivity index (χ0n) is 12.8. The van der Waals surface area contributed by atoms with Gasteiger partial charge in [0.25, 0.3) is 0 Å². The summed E-state index contributed by atoms with van der Waals surface area (Å²) in [5.74, 6) is 1.95. The Labute approximate surface area is 118 Å². The quantitative estimate of drug-likeness (QED) is 0.801. The van der Waals surface area contributed by atoms with E-state index in [9.17, 15) is 9.90 Å². The topological polar surface area (TPSA) is 37.3 Å². The fourth-order valence-corrected chi connectivity index (χ4v) is 4.91. The van der Waals surface area contributed by atoms with Gasteiger partial charge in [0.1, 0.15) is 0 Å². The first kappa shape index (κ1) is 14.9. The Morgan fingerprint density at radius 3 is 2.37 bits per heavy atom. The van der Waals surface area contributed by atoms with E-state index in [-0.39, 0.29) is 0 Å². The van der Waals surface area contributed by atoms with Crippen molar-refractivity contribution >= 4 is 5.97 Å². The van der Waals surface area contributed by atoms with Crippen LogP contribution in [0, 0.1) is 29.1 Å². The molecule has 0 saturated heterocycles. The smallest absolute Gasteiger partial charge is 0.309 e. The number of carbonyl (C=O) groups is 1. The largest absolute Gasteiger partial charge is 0.481 e. The van der Waals surface area contributed by atoms with Gasteiger partial charge < -0.3 is 5.11 Å². The van der Waals surface area contributed by atoms with Crippen LogP contribution in [-0.2, 0) is 4.79 Å². The Morgan fingerprint density at radius 1 is 1.21 bits per heavy atom. The van der Waals surface area contributed by atoms with E-state index in [1.165, 1.54) is 12.8 Å².